The predicted octanol–water partition coefficient (Wildman–Crippen LogP) is 3.79. The molecule has 5 rings (SSSR count). The molecule has 2 N–H and O–H groups in total. The molecule has 3 aliphatic rings. The predicted molar refractivity (Wildman–Crippen MR) is 121 cm³/mol. The van der Waals surface area contributed by atoms with Gasteiger partial charge in [-0.3, -0.25) is 9.59 Å². The third-order valence-corrected chi connectivity index (χ3v) is 5.53. The van der Waals surface area contributed by atoms with Crippen LogP contribution in [0.1, 0.15) is 41.6 Å². The first-order valence-electron chi connectivity index (χ1n) is 10.7. The standard InChI is InChI=1S/C19H19ClFNO3.C5H6N2O/c20-16-11-13-3-5-18(16)25-10-2-1-9-24-17-6-4-14(21)12-15(17)19(23)22-8-7-13;6-3-5(1-2-5)7-4-8/h3-6,11-12H,1-2,7-10H2,(H,22,23);4H,1-2H2,(H,7,8). The lowest BCUT2D eigenvalue weighted by atomic mass is 10.1. The van der Waals surface area contributed by atoms with E-state index in [1.807, 2.05) is 24.3 Å². The van der Waals surface area contributed by atoms with Crippen LogP contribution in [0.15, 0.2) is 36.4 Å². The molecule has 0 spiro atoms. The van der Waals surface area contributed by atoms with Crippen molar-refractivity contribution in [1.29, 1.82) is 5.26 Å². The minimum Gasteiger partial charge on any atom is -0.493 e. The number of halogens is 2. The lowest BCUT2D eigenvalue weighted by Gasteiger charge is -2.14. The Balaban J connectivity index is 0.000000323. The van der Waals surface area contributed by atoms with Crippen LogP contribution in [-0.2, 0) is 11.2 Å². The van der Waals surface area contributed by atoms with Crippen molar-refractivity contribution in [3.8, 4) is 17.6 Å². The van der Waals surface area contributed by atoms with Gasteiger partial charge in [0.25, 0.3) is 5.91 Å². The summed E-state index contributed by atoms with van der Waals surface area (Å²) in [5, 5.41) is 14.1. The Labute approximate surface area is 196 Å². The Morgan fingerprint density at radius 3 is 2.42 bits per heavy atom. The highest BCUT2D eigenvalue weighted by molar-refractivity contribution is 6.32. The summed E-state index contributed by atoms with van der Waals surface area (Å²) in [6, 6.07) is 11.6. The molecule has 1 fully saturated rings. The van der Waals surface area contributed by atoms with Gasteiger partial charge in [-0.2, -0.15) is 5.26 Å². The topological polar surface area (TPSA) is 100 Å². The fourth-order valence-corrected chi connectivity index (χ4v) is 3.39. The molecule has 7 nitrogen and oxygen atoms in total. The van der Waals surface area contributed by atoms with Crippen LogP contribution in [0.5, 0.6) is 11.5 Å². The summed E-state index contributed by atoms with van der Waals surface area (Å²) in [6.07, 6.45) is 4.33. The van der Waals surface area contributed by atoms with Gasteiger partial charge in [0.05, 0.1) is 29.9 Å². The van der Waals surface area contributed by atoms with Crippen LogP contribution in [0.25, 0.3) is 0 Å². The highest BCUT2D eigenvalue weighted by Crippen LogP contribution is 2.33. The van der Waals surface area contributed by atoms with E-state index < -0.39 is 11.4 Å². The maximum absolute atomic E-state index is 13.5. The van der Waals surface area contributed by atoms with Gasteiger partial charge in [0, 0.05) is 6.54 Å². The average molecular weight is 474 g/mol. The van der Waals surface area contributed by atoms with Crippen molar-refractivity contribution in [3.63, 3.8) is 0 Å². The van der Waals surface area contributed by atoms with Crippen molar-refractivity contribution < 1.29 is 23.5 Å². The zero-order valence-electron chi connectivity index (χ0n) is 18.0. The third-order valence-electron chi connectivity index (χ3n) is 5.23. The number of nitriles is 1. The third kappa shape index (κ3) is 7.09. The van der Waals surface area contributed by atoms with E-state index >= 15 is 0 Å². The van der Waals surface area contributed by atoms with Crippen molar-refractivity contribution in [2.75, 3.05) is 19.8 Å². The van der Waals surface area contributed by atoms with Crippen LogP contribution in [0.4, 0.5) is 4.39 Å². The Hall–Kier alpha value is -3.31. The molecular formula is C24H25ClFN3O4. The number of carbonyl (C=O) groups excluding carboxylic acids is 2. The molecule has 33 heavy (non-hydrogen) atoms. The number of benzene rings is 2. The SMILES string of the molecule is N#CC1(NC=O)CC1.O=C1NCCc2ccc(c(Cl)c2)OCCCCOc2ccc(F)cc21. The average Bonchev–Trinajstić information content (AvgIpc) is 3.58. The Morgan fingerprint density at radius 2 is 1.82 bits per heavy atom. The second kappa shape index (κ2) is 11.5. The van der Waals surface area contributed by atoms with E-state index in [0.717, 1.165) is 31.2 Å². The molecule has 0 atom stereocenters. The minimum absolute atomic E-state index is 0.205. The van der Waals surface area contributed by atoms with Crippen LogP contribution in [0.3, 0.4) is 0 Å². The Morgan fingerprint density at radius 1 is 1.12 bits per heavy atom. The number of carbonyl (C=O) groups is 2. The van der Waals surface area contributed by atoms with Gasteiger partial charge in [-0.05, 0) is 68.0 Å². The van der Waals surface area contributed by atoms with Gasteiger partial charge < -0.3 is 20.1 Å². The normalized spacial score (nSPS) is 16.9. The number of ether oxygens (including phenoxy) is 2. The van der Waals surface area contributed by atoms with E-state index in [1.165, 1.54) is 18.2 Å². The summed E-state index contributed by atoms with van der Waals surface area (Å²) >= 11 is 6.23. The van der Waals surface area contributed by atoms with Crippen LogP contribution >= 0.6 is 11.6 Å². The molecule has 0 radical (unpaired) electrons. The number of nitrogens with one attached hydrogen (secondary N) is 2. The van der Waals surface area contributed by atoms with Gasteiger partial charge in [0.1, 0.15) is 22.9 Å². The smallest absolute Gasteiger partial charge is 0.255 e. The zero-order chi connectivity index (χ0) is 23.7. The number of fused-ring (bicyclic) bond motifs is 10. The highest BCUT2D eigenvalue weighted by Gasteiger charge is 2.42. The lowest BCUT2D eigenvalue weighted by molar-refractivity contribution is -0.110. The summed E-state index contributed by atoms with van der Waals surface area (Å²) < 4.78 is 24.9. The summed E-state index contributed by atoms with van der Waals surface area (Å²) in [7, 11) is 0. The van der Waals surface area contributed by atoms with Crippen LogP contribution in [0, 0.1) is 17.1 Å². The minimum atomic E-state index is -0.470. The molecule has 2 bridgehead atoms. The molecule has 2 aliphatic heterocycles. The Bertz CT molecular complexity index is 1040. The van der Waals surface area contributed by atoms with Gasteiger partial charge in [0.2, 0.25) is 6.41 Å². The molecule has 174 valence electrons. The van der Waals surface area contributed by atoms with E-state index in [4.69, 9.17) is 26.3 Å². The van der Waals surface area contributed by atoms with Crippen LogP contribution in [-0.4, -0.2) is 37.6 Å². The number of rotatable bonds is 2. The number of hydrogen-bond acceptors (Lipinski definition) is 5. The largest absolute Gasteiger partial charge is 0.493 e. The van der Waals surface area contributed by atoms with E-state index in [9.17, 15) is 14.0 Å². The van der Waals surface area contributed by atoms with Crippen molar-refractivity contribution in [1.82, 2.24) is 10.6 Å². The summed E-state index contributed by atoms with van der Waals surface area (Å²) in [4.78, 5) is 22.1. The highest BCUT2D eigenvalue weighted by atomic mass is 35.5. The lowest BCUT2D eigenvalue weighted by Crippen LogP contribution is -2.27. The monoisotopic (exact) mass is 473 g/mol. The molecule has 1 saturated carbocycles. The van der Waals surface area contributed by atoms with Gasteiger partial charge >= 0.3 is 0 Å². The van der Waals surface area contributed by atoms with Crippen LogP contribution in [0.2, 0.25) is 5.02 Å². The van der Waals surface area contributed by atoms with Crippen molar-refractivity contribution >= 4 is 23.9 Å². The van der Waals surface area contributed by atoms with Crippen molar-refractivity contribution in [2.45, 2.75) is 37.6 Å². The van der Waals surface area contributed by atoms with E-state index in [2.05, 4.69) is 10.6 Å². The number of amides is 2. The summed E-state index contributed by atoms with van der Waals surface area (Å²) in [5.74, 6) is 0.219. The fourth-order valence-electron chi connectivity index (χ4n) is 3.13. The summed E-state index contributed by atoms with van der Waals surface area (Å²) in [5.41, 5.74) is 0.721. The molecule has 0 unspecified atom stereocenters. The van der Waals surface area contributed by atoms with E-state index in [1.54, 1.807) is 0 Å². The second-order valence-corrected chi connectivity index (χ2v) is 8.18. The first-order valence-corrected chi connectivity index (χ1v) is 11.1. The molecule has 2 amide bonds. The molecule has 0 saturated heterocycles. The van der Waals surface area contributed by atoms with Gasteiger partial charge in [-0.15, -0.1) is 0 Å². The molecule has 9 heteroatoms. The van der Waals surface area contributed by atoms with Crippen molar-refractivity contribution in [3.05, 3.63) is 58.4 Å². The molecule has 2 heterocycles. The van der Waals surface area contributed by atoms with E-state index in [0.29, 0.717) is 49.1 Å². The molecule has 2 aromatic carbocycles. The maximum atomic E-state index is 13.5. The molecular weight excluding hydrogens is 449 g/mol. The van der Waals surface area contributed by atoms with Crippen LogP contribution < -0.4 is 20.1 Å². The van der Waals surface area contributed by atoms with Gasteiger partial charge in [-0.25, -0.2) is 4.39 Å². The first kappa shape index (κ1) is 24.3. The van der Waals surface area contributed by atoms with Crippen molar-refractivity contribution in [2.24, 2.45) is 0 Å². The molecule has 2 aromatic rings. The van der Waals surface area contributed by atoms with E-state index in [-0.39, 0.29) is 11.5 Å². The first-order chi connectivity index (χ1) is 16.0. The quantitative estimate of drug-likeness (QED) is 0.646. The fraction of sp³-hybridized carbons (Fsp3) is 0.375. The zero-order valence-corrected chi connectivity index (χ0v) is 18.8. The summed E-state index contributed by atoms with van der Waals surface area (Å²) in [6.45, 7) is 1.35. The van der Waals surface area contributed by atoms with Gasteiger partial charge in [0.15, 0.2) is 0 Å². The Kier molecular flexibility index (Phi) is 8.50. The molecule has 1 aliphatic carbocycles. The number of nitrogens with zero attached hydrogens (tertiary/aromatic N) is 1. The van der Waals surface area contributed by atoms with Gasteiger partial charge in [-0.1, -0.05) is 17.7 Å². The number of hydrogen-bond donors (Lipinski definition) is 2. The maximum Gasteiger partial charge on any atom is 0.255 e. The molecule has 0 aromatic heterocycles. The second-order valence-electron chi connectivity index (χ2n) is 7.77.